The second-order valence-electron chi connectivity index (χ2n) is 6.04. The van der Waals surface area contributed by atoms with E-state index in [1.54, 1.807) is 12.1 Å². The predicted molar refractivity (Wildman–Crippen MR) is 111 cm³/mol. The number of hydrogen-bond donors (Lipinski definition) is 2. The maximum absolute atomic E-state index is 12.5. The van der Waals surface area contributed by atoms with Crippen LogP contribution >= 0.6 is 24.0 Å². The molecule has 3 rings (SSSR count). The first-order valence-corrected chi connectivity index (χ1v) is 8.54. The minimum Gasteiger partial charge on any atom is -0.493 e. The van der Waals surface area contributed by atoms with Crippen molar-refractivity contribution in [3.05, 3.63) is 59.7 Å². The van der Waals surface area contributed by atoms with Crippen molar-refractivity contribution in [3.8, 4) is 11.5 Å². The van der Waals surface area contributed by atoms with E-state index in [4.69, 9.17) is 10.5 Å². The van der Waals surface area contributed by atoms with Crippen molar-refractivity contribution < 1.29 is 22.6 Å². The first kappa shape index (κ1) is 22.1. The van der Waals surface area contributed by atoms with Crippen molar-refractivity contribution in [1.82, 2.24) is 5.32 Å². The van der Waals surface area contributed by atoms with Crippen molar-refractivity contribution in [2.45, 2.75) is 25.2 Å². The fourth-order valence-corrected chi connectivity index (χ4v) is 2.95. The van der Waals surface area contributed by atoms with Crippen LogP contribution in [0.1, 0.15) is 23.6 Å². The summed E-state index contributed by atoms with van der Waals surface area (Å²) >= 11 is 0. The summed E-state index contributed by atoms with van der Waals surface area (Å²) in [5.41, 5.74) is 7.38. The Morgan fingerprint density at radius 3 is 2.68 bits per heavy atom. The Morgan fingerprint density at radius 1 is 1.18 bits per heavy atom. The van der Waals surface area contributed by atoms with Crippen LogP contribution in [-0.2, 0) is 6.42 Å². The first-order valence-electron chi connectivity index (χ1n) is 8.54. The second-order valence-corrected chi connectivity index (χ2v) is 6.04. The first-order chi connectivity index (χ1) is 12.9. The molecular formula is C19H21F3IN3O2. The molecule has 0 spiro atoms. The lowest BCUT2D eigenvalue weighted by Gasteiger charge is -2.26. The molecule has 0 amide bonds. The van der Waals surface area contributed by atoms with Gasteiger partial charge in [-0.1, -0.05) is 36.4 Å². The summed E-state index contributed by atoms with van der Waals surface area (Å²) in [6, 6.07) is 13.7. The minimum absolute atomic E-state index is 0. The van der Waals surface area contributed by atoms with Gasteiger partial charge in [-0.25, -0.2) is 0 Å². The maximum atomic E-state index is 12.5. The van der Waals surface area contributed by atoms with Crippen molar-refractivity contribution >= 4 is 29.9 Å². The van der Waals surface area contributed by atoms with Crippen molar-refractivity contribution in [1.29, 1.82) is 0 Å². The zero-order valence-corrected chi connectivity index (χ0v) is 17.2. The number of benzene rings is 2. The van der Waals surface area contributed by atoms with Gasteiger partial charge in [0.15, 0.2) is 5.96 Å². The van der Waals surface area contributed by atoms with E-state index in [9.17, 15) is 13.2 Å². The Balaban J connectivity index is 0.00000280. The minimum atomic E-state index is -4.73. The van der Waals surface area contributed by atoms with Crippen LogP contribution in [0.15, 0.2) is 53.5 Å². The molecule has 0 aliphatic carbocycles. The quantitative estimate of drug-likeness (QED) is 0.362. The van der Waals surface area contributed by atoms with Gasteiger partial charge < -0.3 is 20.5 Å². The number of alkyl halides is 3. The molecule has 0 radical (unpaired) electrons. The standard InChI is InChI=1S/C19H20F3N3O2.HI/c20-19(21,22)27-16-7-3-1-5-13(16)9-11-24-18(23)25-15-10-12-26-17-8-4-2-6-14(15)17;/h1-8,15H,9-12H2,(H3,23,24,25);1H. The number of para-hydroxylation sites is 2. The van der Waals surface area contributed by atoms with E-state index in [2.05, 4.69) is 15.0 Å². The SMILES string of the molecule is I.NC(=NCCc1ccccc1OC(F)(F)F)NC1CCOc2ccccc21. The second kappa shape index (κ2) is 9.85. The highest BCUT2D eigenvalue weighted by Crippen LogP contribution is 2.31. The molecule has 9 heteroatoms. The van der Waals surface area contributed by atoms with Gasteiger partial charge in [-0.05, 0) is 24.1 Å². The number of rotatable bonds is 5. The smallest absolute Gasteiger partial charge is 0.493 e. The summed E-state index contributed by atoms with van der Waals surface area (Å²) in [5, 5.41) is 3.15. The lowest BCUT2D eigenvalue weighted by molar-refractivity contribution is -0.274. The Bertz CT molecular complexity index is 815. The predicted octanol–water partition coefficient (Wildman–Crippen LogP) is 4.17. The van der Waals surface area contributed by atoms with Gasteiger partial charge in [0.05, 0.1) is 12.6 Å². The largest absolute Gasteiger partial charge is 0.573 e. The molecule has 0 saturated carbocycles. The molecule has 1 aliphatic heterocycles. The zero-order chi connectivity index (χ0) is 19.3. The van der Waals surface area contributed by atoms with Gasteiger partial charge in [-0.3, -0.25) is 4.99 Å². The molecular weight excluding hydrogens is 486 g/mol. The summed E-state index contributed by atoms with van der Waals surface area (Å²) in [7, 11) is 0. The van der Waals surface area contributed by atoms with Crippen LogP contribution in [0.4, 0.5) is 13.2 Å². The molecule has 0 saturated heterocycles. The van der Waals surface area contributed by atoms with Crippen LogP contribution in [0.3, 0.4) is 0 Å². The highest BCUT2D eigenvalue weighted by atomic mass is 127. The van der Waals surface area contributed by atoms with Gasteiger partial charge >= 0.3 is 6.36 Å². The van der Waals surface area contributed by atoms with E-state index in [0.717, 1.165) is 17.7 Å². The molecule has 28 heavy (non-hydrogen) atoms. The molecule has 2 aromatic rings. The van der Waals surface area contributed by atoms with Crippen molar-refractivity contribution in [2.75, 3.05) is 13.2 Å². The van der Waals surface area contributed by atoms with Gasteiger partial charge in [0.2, 0.25) is 0 Å². The third-order valence-corrected chi connectivity index (χ3v) is 4.14. The average molecular weight is 507 g/mol. The van der Waals surface area contributed by atoms with E-state index in [-0.39, 0.29) is 54.7 Å². The fraction of sp³-hybridized carbons (Fsp3) is 0.316. The number of halogens is 4. The van der Waals surface area contributed by atoms with Crippen molar-refractivity contribution in [2.24, 2.45) is 10.7 Å². The van der Waals surface area contributed by atoms with Crippen LogP contribution in [0.5, 0.6) is 11.5 Å². The number of hydrogen-bond acceptors (Lipinski definition) is 3. The number of nitrogens with two attached hydrogens (primary N) is 1. The number of aliphatic imine (C=N–C) groups is 1. The number of nitrogens with one attached hydrogen (secondary N) is 1. The zero-order valence-electron chi connectivity index (χ0n) is 14.9. The Morgan fingerprint density at radius 2 is 1.89 bits per heavy atom. The Labute approximate surface area is 178 Å². The highest BCUT2D eigenvalue weighted by Gasteiger charge is 2.31. The molecule has 2 aromatic carbocycles. The summed E-state index contributed by atoms with van der Waals surface area (Å²) in [4.78, 5) is 4.23. The molecule has 152 valence electrons. The van der Waals surface area contributed by atoms with Gasteiger partial charge in [0.1, 0.15) is 11.5 Å². The topological polar surface area (TPSA) is 68.9 Å². The number of ether oxygens (including phenoxy) is 2. The summed E-state index contributed by atoms with van der Waals surface area (Å²) in [5.74, 6) is 0.836. The maximum Gasteiger partial charge on any atom is 0.573 e. The van der Waals surface area contributed by atoms with Crippen LogP contribution in [0.25, 0.3) is 0 Å². The third kappa shape index (κ3) is 6.18. The third-order valence-electron chi connectivity index (χ3n) is 4.14. The molecule has 1 unspecified atom stereocenters. The monoisotopic (exact) mass is 507 g/mol. The number of nitrogens with zero attached hydrogens (tertiary/aromatic N) is 1. The van der Waals surface area contributed by atoms with Gasteiger partial charge in [-0.2, -0.15) is 0 Å². The Hall–Kier alpha value is -2.17. The molecule has 1 atom stereocenters. The molecule has 1 aliphatic rings. The summed E-state index contributed by atoms with van der Waals surface area (Å²) < 4.78 is 47.0. The number of fused-ring (bicyclic) bond motifs is 1. The van der Waals surface area contributed by atoms with Gasteiger partial charge in [0, 0.05) is 18.5 Å². The summed E-state index contributed by atoms with van der Waals surface area (Å²) in [6.07, 6.45) is -3.70. The molecule has 0 aromatic heterocycles. The van der Waals surface area contributed by atoms with Crippen molar-refractivity contribution in [3.63, 3.8) is 0 Å². The van der Waals surface area contributed by atoms with E-state index in [1.165, 1.54) is 12.1 Å². The normalized spacial score (nSPS) is 16.4. The molecule has 3 N–H and O–H groups in total. The number of guanidine groups is 1. The van der Waals surface area contributed by atoms with Gasteiger partial charge in [-0.15, -0.1) is 37.1 Å². The van der Waals surface area contributed by atoms with Crippen LogP contribution in [0.2, 0.25) is 0 Å². The fourth-order valence-electron chi connectivity index (χ4n) is 2.95. The van der Waals surface area contributed by atoms with Crippen LogP contribution in [0, 0.1) is 0 Å². The summed E-state index contributed by atoms with van der Waals surface area (Å²) in [6.45, 7) is 0.812. The Kier molecular flexibility index (Phi) is 7.78. The van der Waals surface area contributed by atoms with E-state index < -0.39 is 6.36 Å². The van der Waals surface area contributed by atoms with E-state index in [1.807, 2.05) is 24.3 Å². The van der Waals surface area contributed by atoms with Gasteiger partial charge in [0.25, 0.3) is 0 Å². The lowest BCUT2D eigenvalue weighted by atomic mass is 10.0. The lowest BCUT2D eigenvalue weighted by Crippen LogP contribution is -2.37. The molecule has 5 nitrogen and oxygen atoms in total. The van der Waals surface area contributed by atoms with E-state index in [0.29, 0.717) is 12.2 Å². The molecule has 0 fully saturated rings. The van der Waals surface area contributed by atoms with Crippen LogP contribution in [-0.4, -0.2) is 25.5 Å². The highest BCUT2D eigenvalue weighted by molar-refractivity contribution is 14.0. The molecule has 1 heterocycles. The van der Waals surface area contributed by atoms with Crippen LogP contribution < -0.4 is 20.5 Å². The van der Waals surface area contributed by atoms with E-state index >= 15 is 0 Å². The average Bonchev–Trinajstić information content (AvgIpc) is 2.62. The molecule has 0 bridgehead atoms.